The molecule has 0 aromatic heterocycles. The van der Waals surface area contributed by atoms with Gasteiger partial charge in [0.15, 0.2) is 0 Å². The minimum Gasteiger partial charge on any atom is -0.444 e. The second-order valence-corrected chi connectivity index (χ2v) is 8.88. The number of hydrogen-bond donors (Lipinski definition) is 0. The Bertz CT molecular complexity index is 739. The summed E-state index contributed by atoms with van der Waals surface area (Å²) in [7, 11) is 0. The quantitative estimate of drug-likeness (QED) is 0.697. The topological polar surface area (TPSA) is 45.2 Å². The van der Waals surface area contributed by atoms with Gasteiger partial charge in [-0.2, -0.15) is 0 Å². The van der Waals surface area contributed by atoms with Crippen molar-refractivity contribution < 1.29 is 18.7 Å². The zero-order chi connectivity index (χ0) is 21.0. The molecule has 0 N–H and O–H groups in total. The lowest BCUT2D eigenvalue weighted by molar-refractivity contribution is 0.0240. The number of amides is 1. The third-order valence-electron chi connectivity index (χ3n) is 5.00. The lowest BCUT2D eigenvalue weighted by Gasteiger charge is -2.37. The van der Waals surface area contributed by atoms with Crippen LogP contribution in [0.5, 0.6) is 0 Å². The van der Waals surface area contributed by atoms with Gasteiger partial charge < -0.3 is 24.2 Å². The fraction of sp³-hybridized carbons (Fsp3) is 0.619. The van der Waals surface area contributed by atoms with Crippen LogP contribution in [0, 0.1) is 5.82 Å². The molecule has 3 rings (SSSR count). The molecule has 2 saturated heterocycles. The van der Waals surface area contributed by atoms with E-state index in [1.54, 1.807) is 11.0 Å². The predicted molar refractivity (Wildman–Crippen MR) is 115 cm³/mol. The Morgan fingerprint density at radius 3 is 2.34 bits per heavy atom. The van der Waals surface area contributed by atoms with Crippen LogP contribution in [0.3, 0.4) is 0 Å². The third kappa shape index (κ3) is 6.02. The number of thiocarbonyl (C=S) groups is 1. The van der Waals surface area contributed by atoms with E-state index < -0.39 is 5.60 Å². The maximum Gasteiger partial charge on any atom is 0.410 e. The van der Waals surface area contributed by atoms with Crippen LogP contribution in [-0.2, 0) is 15.9 Å². The Labute approximate surface area is 177 Å². The van der Waals surface area contributed by atoms with Gasteiger partial charge in [0.1, 0.15) is 11.4 Å². The van der Waals surface area contributed by atoms with Gasteiger partial charge in [-0.25, -0.2) is 9.18 Å². The number of ether oxygens (including phenoxy) is 2. The largest absolute Gasteiger partial charge is 0.444 e. The van der Waals surface area contributed by atoms with Gasteiger partial charge in [-0.1, -0.05) is 18.3 Å². The number of carbonyl (C=O) groups is 1. The smallest absolute Gasteiger partial charge is 0.410 e. The molecule has 0 saturated carbocycles. The first-order chi connectivity index (χ1) is 13.7. The zero-order valence-corrected chi connectivity index (χ0v) is 18.3. The molecule has 0 spiro atoms. The Morgan fingerprint density at radius 1 is 1.10 bits per heavy atom. The monoisotopic (exact) mass is 423 g/mol. The van der Waals surface area contributed by atoms with Gasteiger partial charge in [0.05, 0.1) is 23.9 Å². The lowest BCUT2D eigenvalue weighted by atomic mass is 10.1. The minimum atomic E-state index is -0.516. The second-order valence-electron chi connectivity index (χ2n) is 8.41. The first kappa shape index (κ1) is 21.8. The summed E-state index contributed by atoms with van der Waals surface area (Å²) in [4.78, 5) is 18.8. The van der Waals surface area contributed by atoms with Crippen molar-refractivity contribution in [3.05, 3.63) is 29.6 Å². The summed E-state index contributed by atoms with van der Waals surface area (Å²) < 4.78 is 25.5. The predicted octanol–water partition coefficient (Wildman–Crippen LogP) is 3.08. The fourth-order valence-corrected chi connectivity index (χ4v) is 3.82. The number of hydrogen-bond acceptors (Lipinski definition) is 5. The summed E-state index contributed by atoms with van der Waals surface area (Å²) in [5.74, 6) is -0.252. The number of carbonyl (C=O) groups excluding carboxylic acids is 1. The molecule has 0 unspecified atom stereocenters. The summed E-state index contributed by atoms with van der Waals surface area (Å²) in [5.41, 5.74) is 0.919. The molecule has 160 valence electrons. The van der Waals surface area contributed by atoms with Crippen molar-refractivity contribution in [3.8, 4) is 0 Å². The van der Waals surface area contributed by atoms with Crippen molar-refractivity contribution in [1.82, 2.24) is 9.80 Å². The van der Waals surface area contributed by atoms with E-state index in [1.807, 2.05) is 37.8 Å². The Morgan fingerprint density at radius 2 is 1.76 bits per heavy atom. The number of nitrogens with zero attached hydrogens (tertiary/aromatic N) is 3. The van der Waals surface area contributed by atoms with Gasteiger partial charge in [0.25, 0.3) is 0 Å². The number of piperazine rings is 1. The van der Waals surface area contributed by atoms with Gasteiger partial charge in [-0.05, 0) is 38.5 Å². The van der Waals surface area contributed by atoms with Gasteiger partial charge in [-0.3, -0.25) is 0 Å². The molecule has 1 aromatic carbocycles. The summed E-state index contributed by atoms with van der Waals surface area (Å²) in [6.07, 6.45) is 0.239. The van der Waals surface area contributed by atoms with Gasteiger partial charge in [0, 0.05) is 45.7 Å². The highest BCUT2D eigenvalue weighted by Crippen LogP contribution is 2.23. The van der Waals surface area contributed by atoms with Crippen LogP contribution in [0.15, 0.2) is 18.2 Å². The summed E-state index contributed by atoms with van der Waals surface area (Å²) in [5, 5.41) is 0. The van der Waals surface area contributed by atoms with E-state index in [0.717, 1.165) is 23.6 Å². The number of morpholine rings is 1. The van der Waals surface area contributed by atoms with Gasteiger partial charge in [0.2, 0.25) is 0 Å². The molecule has 6 nitrogen and oxygen atoms in total. The summed E-state index contributed by atoms with van der Waals surface area (Å²) in [6.45, 7) is 10.7. The Hall–Kier alpha value is -1.93. The van der Waals surface area contributed by atoms with Crippen LogP contribution in [0.25, 0.3) is 0 Å². The normalized spacial score (nSPS) is 18.0. The molecule has 1 amide bonds. The van der Waals surface area contributed by atoms with Crippen molar-refractivity contribution in [2.24, 2.45) is 0 Å². The van der Waals surface area contributed by atoms with E-state index in [1.165, 1.54) is 0 Å². The van der Waals surface area contributed by atoms with E-state index in [9.17, 15) is 9.18 Å². The van der Waals surface area contributed by atoms with Gasteiger partial charge >= 0.3 is 6.09 Å². The highest BCUT2D eigenvalue weighted by molar-refractivity contribution is 7.80. The maximum atomic E-state index is 14.8. The van der Waals surface area contributed by atoms with E-state index in [-0.39, 0.29) is 11.9 Å². The molecular formula is C21H30FN3O3S. The molecule has 8 heteroatoms. The number of halogens is 1. The minimum absolute atomic E-state index is 0.252. The summed E-state index contributed by atoms with van der Waals surface area (Å²) in [6, 6.07) is 5.32. The second kappa shape index (κ2) is 9.26. The highest BCUT2D eigenvalue weighted by Gasteiger charge is 2.27. The van der Waals surface area contributed by atoms with Crippen molar-refractivity contribution in [1.29, 1.82) is 0 Å². The van der Waals surface area contributed by atoms with E-state index in [4.69, 9.17) is 21.7 Å². The van der Waals surface area contributed by atoms with Crippen LogP contribution in [0.2, 0.25) is 0 Å². The van der Waals surface area contributed by atoms with Crippen LogP contribution in [0.1, 0.15) is 26.3 Å². The van der Waals surface area contributed by atoms with Crippen molar-refractivity contribution >= 4 is 29.0 Å². The van der Waals surface area contributed by atoms with E-state index in [2.05, 4.69) is 4.90 Å². The average Bonchev–Trinajstić information content (AvgIpc) is 2.67. The van der Waals surface area contributed by atoms with Crippen LogP contribution >= 0.6 is 12.2 Å². The molecule has 0 atom stereocenters. The van der Waals surface area contributed by atoms with E-state index in [0.29, 0.717) is 51.5 Å². The van der Waals surface area contributed by atoms with Gasteiger partial charge in [-0.15, -0.1) is 0 Å². The zero-order valence-electron chi connectivity index (χ0n) is 17.4. The summed E-state index contributed by atoms with van der Waals surface area (Å²) >= 11 is 5.52. The molecule has 2 aliphatic heterocycles. The Kier molecular flexibility index (Phi) is 6.95. The third-order valence-corrected chi connectivity index (χ3v) is 5.41. The van der Waals surface area contributed by atoms with Crippen LogP contribution in [-0.4, -0.2) is 79.0 Å². The van der Waals surface area contributed by atoms with Crippen molar-refractivity contribution in [2.45, 2.75) is 32.8 Å². The number of rotatable bonds is 3. The van der Waals surface area contributed by atoms with E-state index >= 15 is 0 Å². The first-order valence-corrected chi connectivity index (χ1v) is 10.5. The average molecular weight is 424 g/mol. The molecule has 0 radical (unpaired) electrons. The molecule has 2 fully saturated rings. The van der Waals surface area contributed by atoms with Crippen molar-refractivity contribution in [2.75, 3.05) is 57.4 Å². The molecular weight excluding hydrogens is 393 g/mol. The maximum absolute atomic E-state index is 14.8. The standard InChI is InChI=1S/C21H30FN3O3S/c1-21(2,3)28-20(26)25-8-6-23(7-9-25)18-5-4-16(14-17(18)22)15-19(29)24-10-12-27-13-11-24/h4-5,14H,6-13,15H2,1-3H3. The van der Waals surface area contributed by atoms with Crippen LogP contribution in [0.4, 0.5) is 14.9 Å². The molecule has 2 aliphatic rings. The molecule has 0 bridgehead atoms. The SMILES string of the molecule is CC(C)(C)OC(=O)N1CCN(c2ccc(CC(=S)N3CCOCC3)cc2F)CC1. The van der Waals surface area contributed by atoms with Crippen LogP contribution < -0.4 is 4.90 Å². The van der Waals surface area contributed by atoms with Crippen molar-refractivity contribution in [3.63, 3.8) is 0 Å². The molecule has 1 aromatic rings. The fourth-order valence-electron chi connectivity index (χ4n) is 3.47. The molecule has 0 aliphatic carbocycles. The Balaban J connectivity index is 1.55. The highest BCUT2D eigenvalue weighted by atomic mass is 32.1. The lowest BCUT2D eigenvalue weighted by Crippen LogP contribution is -2.50. The first-order valence-electron chi connectivity index (χ1n) is 10.1. The number of anilines is 1. The molecule has 2 heterocycles. The molecule has 29 heavy (non-hydrogen) atoms. The number of benzene rings is 1.